The summed E-state index contributed by atoms with van der Waals surface area (Å²) in [6.45, 7) is -3.95. The highest BCUT2D eigenvalue weighted by Crippen LogP contribution is 2.46. The van der Waals surface area contributed by atoms with Crippen LogP contribution in [0.25, 0.3) is 90.6 Å². The first-order chi connectivity index (χ1) is 59.6. The lowest BCUT2D eigenvalue weighted by Crippen LogP contribution is -2.29. The molecule has 644 valence electrons. The fraction of sp³-hybridized carbons (Fsp3) is 0.297. The average molecular weight is 1750 g/mol. The van der Waals surface area contributed by atoms with E-state index in [1.165, 1.54) is 102 Å². The molecule has 4 aliphatic heterocycles. The average Bonchev–Trinajstić information content (AvgIpc) is 1.62. The van der Waals surface area contributed by atoms with Crippen LogP contribution in [0.4, 0.5) is 59.5 Å². The third-order valence-corrected chi connectivity index (χ3v) is 20.8. The van der Waals surface area contributed by atoms with E-state index in [0.717, 1.165) is 21.9 Å². The zero-order valence-corrected chi connectivity index (χ0v) is 67.1. The molecule has 12 heterocycles. The number of aliphatic hydroxyl groups is 2. The van der Waals surface area contributed by atoms with Crippen molar-refractivity contribution >= 4 is 62.8 Å². The van der Waals surface area contributed by atoms with Crippen LogP contribution >= 0.6 is 15.6 Å². The van der Waals surface area contributed by atoms with Crippen molar-refractivity contribution in [2.45, 2.75) is 36.6 Å². The van der Waals surface area contributed by atoms with Crippen molar-refractivity contribution in [2.75, 3.05) is 98.6 Å². The summed E-state index contributed by atoms with van der Waals surface area (Å²) in [5.41, 5.74) is 5.47. The van der Waals surface area contributed by atoms with Gasteiger partial charge in [0.2, 0.25) is 23.3 Å². The summed E-state index contributed by atoms with van der Waals surface area (Å²) in [6.07, 6.45) is -3.66. The van der Waals surface area contributed by atoms with Crippen LogP contribution in [0, 0.1) is 23.3 Å². The number of tetrazole rings is 4. The number of pyridine rings is 4. The summed E-state index contributed by atoms with van der Waals surface area (Å²) in [4.78, 5) is 98.2. The van der Waals surface area contributed by atoms with E-state index in [2.05, 4.69) is 81.6 Å². The number of nitrogens with zero attached hydrogens (tertiary/aromatic N) is 24. The second kappa shape index (κ2) is 37.1. The molecule has 4 aliphatic rings. The fourth-order valence-corrected chi connectivity index (χ4v) is 14.5. The number of phosphoric ester groups is 2. The lowest BCUT2D eigenvalue weighted by molar-refractivity contribution is -0.0239. The van der Waals surface area contributed by atoms with Crippen LogP contribution in [0.1, 0.15) is 0 Å². The lowest BCUT2D eigenvalue weighted by Gasteiger charge is -2.20. The van der Waals surface area contributed by atoms with Gasteiger partial charge in [0.25, 0.3) is 0 Å². The van der Waals surface area contributed by atoms with Crippen molar-refractivity contribution in [1.29, 1.82) is 0 Å². The van der Waals surface area contributed by atoms with Gasteiger partial charge in [0.05, 0.1) is 130 Å². The molecule has 12 aromatic rings. The molecule has 8 atom stereocenters. The van der Waals surface area contributed by atoms with E-state index in [9.17, 15) is 48.3 Å². The van der Waals surface area contributed by atoms with E-state index in [1.807, 2.05) is 0 Å². The lowest BCUT2D eigenvalue weighted by atomic mass is 10.1. The van der Waals surface area contributed by atoms with Gasteiger partial charge in [-0.15, -0.1) is 40.8 Å². The molecular weight excluding hydrogens is 1680 g/mol. The molecule has 50 heteroatoms. The first-order valence-corrected chi connectivity index (χ1v) is 40.3. The number of cyclic esters (lactones) is 4. The number of halogens is 4. The minimum Gasteiger partial charge on any atom is -0.441 e. The maximum absolute atomic E-state index is 15.3. The highest BCUT2D eigenvalue weighted by Gasteiger charge is 2.40. The Morgan fingerprint density at radius 2 is 0.694 bits per heavy atom. The van der Waals surface area contributed by atoms with Crippen LogP contribution in [0.3, 0.4) is 0 Å². The molecule has 0 saturated carbocycles. The van der Waals surface area contributed by atoms with Crippen molar-refractivity contribution in [3.8, 4) is 90.6 Å². The number of rotatable bonds is 32. The highest BCUT2D eigenvalue weighted by molar-refractivity contribution is 7.47. The van der Waals surface area contributed by atoms with Crippen LogP contribution < -0.4 is 19.6 Å². The summed E-state index contributed by atoms with van der Waals surface area (Å²) in [5, 5.41) is 67.1. The van der Waals surface area contributed by atoms with Crippen LogP contribution in [0.15, 0.2) is 146 Å². The van der Waals surface area contributed by atoms with E-state index in [4.69, 9.17) is 46.5 Å². The van der Waals surface area contributed by atoms with Gasteiger partial charge in [-0.25, -0.2) is 45.9 Å². The fourth-order valence-electron chi connectivity index (χ4n) is 12.8. The monoisotopic (exact) mass is 1750 g/mol. The summed E-state index contributed by atoms with van der Waals surface area (Å²) < 4.78 is 139. The molecule has 4 amide bonds. The minimum absolute atomic E-state index is 0.00591. The summed E-state index contributed by atoms with van der Waals surface area (Å²) in [7, 11) is -3.11. The number of amides is 4. The van der Waals surface area contributed by atoms with Crippen molar-refractivity contribution in [2.24, 2.45) is 28.2 Å². The Morgan fingerprint density at radius 3 is 0.960 bits per heavy atom. The number of carbonyl (C=O) groups is 4. The topological polar surface area (TPSA) is 515 Å². The predicted octanol–water partition coefficient (Wildman–Crippen LogP) is 6.66. The SMILES string of the molecule is Cn1nnc(-c2ccc(-c3ccc(N4C[C@H](COCC(O)COP(=O)(O)OC[C@H]5CN(c6ccc(-c7ccc(-c8nnn(C)n8)nc7)c(F)c6)C(=O)O5)OC4=O)cc3F)cn2)n1.Cn1nnc(-c2ccc(-c3ccc(N4C[C@H](COC[C@@H](CO)OP(=O)(O)OC[C@H]5CN(c6ccc(-c7ccc(-c8nnn(C)n8)nc7)c(F)c6)C(=O)O5)OC4=O)cc3F)cn2)n1. The third-order valence-electron chi connectivity index (χ3n) is 18.8. The Morgan fingerprint density at radius 1 is 0.403 bits per heavy atom. The Labute approximate surface area is 696 Å². The zero-order chi connectivity index (χ0) is 87.1. The van der Waals surface area contributed by atoms with E-state index in [-0.39, 0.29) is 91.0 Å². The molecule has 4 aromatic carbocycles. The van der Waals surface area contributed by atoms with Gasteiger partial charge in [0, 0.05) is 69.3 Å². The number of carbonyl (C=O) groups excluding carboxylic acids is 4. The Hall–Kier alpha value is -13.4. The zero-order valence-electron chi connectivity index (χ0n) is 65.3. The standard InChI is InChI=1S/2C37H35F2N12O10P/c1-48-44-34(42-46-48)32-9-3-21(13-40-32)28-7-5-23(11-30(28)38)50-15-26(60-36(50)53)19-57-17-25(52)18-58-62(55,56)59-20-27-16-51(37(54)61-27)24-6-8-29(31(39)12-24)22-4-10-33(41-14-22)35-43-47-49(2)45-35;1-48-44-34(42-46-48)32-9-3-21(13-40-32)28-7-5-23(11-30(28)38)50-15-25(59-36(50)53)18-57-19-27(17-52)61-62(55,56)58-20-26-16-51(37(54)60-26)24-6-8-29(31(39)12-24)22-4-10-33(41-14-22)35-43-47-49(2)45-35/h2*3-14,25-27,52H,15-20H2,1-2H3,(H,55,56)/t25?,26-,27-;25-,26-,27-/m11/s1. The van der Waals surface area contributed by atoms with E-state index < -0.39 is 133 Å². The number of benzene rings is 4. The second-order valence-electron chi connectivity index (χ2n) is 27.7. The molecule has 0 spiro atoms. The van der Waals surface area contributed by atoms with E-state index >= 15 is 17.6 Å². The number of anilines is 4. The maximum Gasteiger partial charge on any atom is 0.472 e. The summed E-state index contributed by atoms with van der Waals surface area (Å²) in [5.74, 6) is -1.24. The Bertz CT molecular complexity index is 5990. The van der Waals surface area contributed by atoms with Gasteiger partial charge in [0.1, 0.15) is 82.7 Å². The highest BCUT2D eigenvalue weighted by atomic mass is 31.2. The smallest absolute Gasteiger partial charge is 0.441 e. The molecule has 4 fully saturated rings. The number of ether oxygens (including phenoxy) is 6. The Balaban J connectivity index is 0.000000192. The Kier molecular flexibility index (Phi) is 25.6. The number of aryl methyl sites for hydroxylation is 4. The normalized spacial score (nSPS) is 17.9. The van der Waals surface area contributed by atoms with Gasteiger partial charge in [-0.3, -0.25) is 57.6 Å². The van der Waals surface area contributed by atoms with Gasteiger partial charge in [0.15, 0.2) is 0 Å². The molecule has 8 aromatic heterocycles. The molecule has 4 N–H and O–H groups in total. The second-order valence-corrected chi connectivity index (χ2v) is 30.6. The van der Waals surface area contributed by atoms with Gasteiger partial charge in [-0.2, -0.15) is 19.2 Å². The number of aliphatic hydroxyl groups excluding tert-OH is 2. The molecule has 0 bridgehead atoms. The molecule has 16 rings (SSSR count). The maximum atomic E-state index is 15.3. The van der Waals surface area contributed by atoms with Crippen LogP contribution in [0.2, 0.25) is 0 Å². The van der Waals surface area contributed by atoms with E-state index in [0.29, 0.717) is 68.3 Å². The van der Waals surface area contributed by atoms with E-state index in [1.54, 1.807) is 88.9 Å². The summed E-state index contributed by atoms with van der Waals surface area (Å²) >= 11 is 0. The molecule has 3 unspecified atom stereocenters. The van der Waals surface area contributed by atoms with Crippen molar-refractivity contribution in [1.82, 2.24) is 101 Å². The van der Waals surface area contributed by atoms with Gasteiger partial charge >= 0.3 is 40.0 Å². The largest absolute Gasteiger partial charge is 0.472 e. The van der Waals surface area contributed by atoms with Gasteiger partial charge < -0.3 is 48.4 Å². The first-order valence-electron chi connectivity index (χ1n) is 37.3. The first kappa shape index (κ1) is 85.6. The number of hydrogen-bond acceptors (Lipinski definition) is 34. The van der Waals surface area contributed by atoms with Crippen molar-refractivity contribution in [3.05, 3.63) is 169 Å². The van der Waals surface area contributed by atoms with Gasteiger partial charge in [-0.05, 0) is 118 Å². The van der Waals surface area contributed by atoms with Crippen LogP contribution in [-0.4, -0.2) is 261 Å². The molecular formula is C74H70F4N24O20P2. The minimum atomic E-state index is -4.84. The molecule has 0 radical (unpaired) electrons. The van der Waals surface area contributed by atoms with Crippen molar-refractivity contribution in [3.63, 3.8) is 0 Å². The number of phosphoric acid groups is 2. The van der Waals surface area contributed by atoms with Crippen molar-refractivity contribution < 1.29 is 112 Å². The number of hydrogen-bond donors (Lipinski definition) is 4. The third kappa shape index (κ3) is 20.5. The van der Waals surface area contributed by atoms with Crippen LogP contribution in [-0.2, 0) is 83.8 Å². The molecule has 124 heavy (non-hydrogen) atoms. The molecule has 0 aliphatic carbocycles. The predicted molar refractivity (Wildman–Crippen MR) is 417 cm³/mol. The van der Waals surface area contributed by atoms with Crippen LogP contribution in [0.5, 0.6) is 0 Å². The van der Waals surface area contributed by atoms with Gasteiger partial charge in [-0.1, -0.05) is 24.3 Å². The molecule has 4 saturated heterocycles. The number of aromatic nitrogens is 20. The quantitative estimate of drug-likeness (QED) is 0.0194. The molecule has 44 nitrogen and oxygen atoms in total. The summed E-state index contributed by atoms with van der Waals surface area (Å²) in [6, 6.07) is 29.9.